The highest BCUT2D eigenvalue weighted by Crippen LogP contribution is 2.29. The molecule has 0 N–H and O–H groups in total. The van der Waals surface area contributed by atoms with Gasteiger partial charge in [0, 0.05) is 16.1 Å². The van der Waals surface area contributed by atoms with E-state index in [1.165, 1.54) is 5.56 Å². The van der Waals surface area contributed by atoms with Crippen molar-refractivity contribution in [3.63, 3.8) is 0 Å². The van der Waals surface area contributed by atoms with Crippen molar-refractivity contribution >= 4 is 28.8 Å². The van der Waals surface area contributed by atoms with E-state index in [1.54, 1.807) is 16.6 Å². The number of hydrogen-bond acceptors (Lipinski definition) is 3. The van der Waals surface area contributed by atoms with Crippen molar-refractivity contribution in [3.05, 3.63) is 70.3 Å². The lowest BCUT2D eigenvalue weighted by Crippen LogP contribution is -1.97. The Bertz CT molecular complexity index is 1020. The van der Waals surface area contributed by atoms with Crippen LogP contribution in [0.2, 0.25) is 10.2 Å². The number of rotatable bonds is 2. The first-order valence-corrected chi connectivity index (χ1v) is 8.12. The Morgan fingerprint density at radius 2 is 1.50 bits per heavy atom. The highest BCUT2D eigenvalue weighted by Gasteiger charge is 2.14. The molecule has 2 aromatic carbocycles. The third-order valence-corrected chi connectivity index (χ3v) is 4.34. The van der Waals surface area contributed by atoms with Crippen LogP contribution in [-0.4, -0.2) is 19.8 Å². The van der Waals surface area contributed by atoms with Crippen LogP contribution in [0.1, 0.15) is 5.56 Å². The molecule has 2 aromatic heterocycles. The summed E-state index contributed by atoms with van der Waals surface area (Å²) in [7, 11) is 0. The average Bonchev–Trinajstić information content (AvgIpc) is 2.98. The van der Waals surface area contributed by atoms with Gasteiger partial charge in [0.1, 0.15) is 0 Å². The van der Waals surface area contributed by atoms with E-state index in [9.17, 15) is 0 Å². The maximum atomic E-state index is 6.41. The van der Waals surface area contributed by atoms with E-state index >= 15 is 0 Å². The first-order valence-electron chi connectivity index (χ1n) is 7.37. The third-order valence-electron chi connectivity index (χ3n) is 3.81. The van der Waals surface area contributed by atoms with Gasteiger partial charge < -0.3 is 0 Å². The van der Waals surface area contributed by atoms with Crippen molar-refractivity contribution in [2.75, 3.05) is 0 Å². The zero-order chi connectivity index (χ0) is 16.7. The summed E-state index contributed by atoms with van der Waals surface area (Å²) in [5.41, 5.74) is 4.53. The lowest BCUT2D eigenvalue weighted by molar-refractivity contribution is 0.938. The monoisotopic (exact) mass is 354 g/mol. The van der Waals surface area contributed by atoms with Crippen molar-refractivity contribution in [1.29, 1.82) is 0 Å². The molecule has 6 heteroatoms. The van der Waals surface area contributed by atoms with Crippen molar-refractivity contribution in [2.45, 2.75) is 6.92 Å². The van der Waals surface area contributed by atoms with Crippen LogP contribution in [0.25, 0.3) is 28.2 Å². The summed E-state index contributed by atoms with van der Waals surface area (Å²) in [6, 6.07) is 17.4. The van der Waals surface area contributed by atoms with Crippen LogP contribution in [-0.2, 0) is 0 Å². The van der Waals surface area contributed by atoms with E-state index < -0.39 is 0 Å². The maximum Gasteiger partial charge on any atom is 0.185 e. The smallest absolute Gasteiger partial charge is 0.185 e. The number of benzene rings is 2. The second-order valence-electron chi connectivity index (χ2n) is 5.52. The van der Waals surface area contributed by atoms with E-state index in [0.29, 0.717) is 21.6 Å². The largest absolute Gasteiger partial charge is 0.191 e. The Labute approximate surface area is 148 Å². The van der Waals surface area contributed by atoms with Gasteiger partial charge in [-0.1, -0.05) is 53.0 Å². The molecule has 4 nitrogen and oxygen atoms in total. The summed E-state index contributed by atoms with van der Waals surface area (Å²) < 4.78 is 1.64. The van der Waals surface area contributed by atoms with Crippen LogP contribution in [0.4, 0.5) is 0 Å². The van der Waals surface area contributed by atoms with Gasteiger partial charge in [0.2, 0.25) is 0 Å². The van der Waals surface area contributed by atoms with E-state index in [2.05, 4.69) is 15.3 Å². The topological polar surface area (TPSA) is 43.1 Å². The molecule has 0 fully saturated rings. The molecule has 0 aliphatic rings. The van der Waals surface area contributed by atoms with Crippen molar-refractivity contribution in [1.82, 2.24) is 19.8 Å². The lowest BCUT2D eigenvalue weighted by atomic mass is 10.1. The van der Waals surface area contributed by atoms with Crippen LogP contribution >= 0.6 is 23.2 Å². The average molecular weight is 355 g/mol. The van der Waals surface area contributed by atoms with Gasteiger partial charge >= 0.3 is 0 Å². The Hall–Kier alpha value is -2.43. The number of aromatic nitrogens is 4. The minimum atomic E-state index is 0.404. The summed E-state index contributed by atoms with van der Waals surface area (Å²) in [5, 5.41) is 14.0. The molecular weight excluding hydrogens is 343 g/mol. The molecule has 24 heavy (non-hydrogen) atoms. The second-order valence-corrected chi connectivity index (χ2v) is 6.31. The minimum absolute atomic E-state index is 0.404. The van der Waals surface area contributed by atoms with Crippen LogP contribution < -0.4 is 0 Å². The minimum Gasteiger partial charge on any atom is -0.191 e. The lowest BCUT2D eigenvalue weighted by Gasteiger charge is -2.06. The van der Waals surface area contributed by atoms with Crippen LogP contribution in [0.15, 0.2) is 54.6 Å². The summed E-state index contributed by atoms with van der Waals surface area (Å²) in [6.07, 6.45) is 0. The molecule has 0 amide bonds. The Kier molecular flexibility index (Phi) is 3.71. The first-order chi connectivity index (χ1) is 11.6. The van der Waals surface area contributed by atoms with Crippen LogP contribution in [0.5, 0.6) is 0 Å². The molecule has 0 unspecified atom stereocenters. The highest BCUT2D eigenvalue weighted by molar-refractivity contribution is 6.32. The van der Waals surface area contributed by atoms with E-state index in [0.717, 1.165) is 16.7 Å². The molecule has 0 radical (unpaired) electrons. The van der Waals surface area contributed by atoms with Gasteiger partial charge in [0.05, 0.1) is 0 Å². The molecular formula is C18H12Cl2N4. The predicted octanol–water partition coefficient (Wildman–Crippen LogP) is 5.07. The molecule has 0 saturated carbocycles. The SMILES string of the molecule is Cc1ccc(-c2cc3nnc(-c4ccc(Cl)cc4)n3nc2Cl)cc1. The highest BCUT2D eigenvalue weighted by atomic mass is 35.5. The zero-order valence-corrected chi connectivity index (χ0v) is 14.3. The van der Waals surface area contributed by atoms with Gasteiger partial charge in [0.25, 0.3) is 0 Å². The summed E-state index contributed by atoms with van der Waals surface area (Å²) in [4.78, 5) is 0. The normalized spacial score (nSPS) is 11.1. The van der Waals surface area contributed by atoms with Crippen LogP contribution in [0.3, 0.4) is 0 Å². The molecule has 0 bridgehead atoms. The molecule has 0 spiro atoms. The Morgan fingerprint density at radius 1 is 0.833 bits per heavy atom. The fourth-order valence-corrected chi connectivity index (χ4v) is 2.89. The third kappa shape index (κ3) is 2.64. The summed E-state index contributed by atoms with van der Waals surface area (Å²) >= 11 is 12.3. The quantitative estimate of drug-likeness (QED) is 0.504. The van der Waals surface area contributed by atoms with Gasteiger partial charge in [-0.3, -0.25) is 0 Å². The number of nitrogens with zero attached hydrogens (tertiary/aromatic N) is 4. The second kappa shape index (κ2) is 5.89. The zero-order valence-electron chi connectivity index (χ0n) is 12.7. The first kappa shape index (κ1) is 15.1. The van der Waals surface area contributed by atoms with Crippen molar-refractivity contribution < 1.29 is 0 Å². The van der Waals surface area contributed by atoms with Gasteiger partial charge in [0.15, 0.2) is 16.6 Å². The number of fused-ring (bicyclic) bond motifs is 1. The predicted molar refractivity (Wildman–Crippen MR) is 96.4 cm³/mol. The fraction of sp³-hybridized carbons (Fsp3) is 0.0556. The number of halogens is 2. The maximum absolute atomic E-state index is 6.41. The molecule has 4 aromatic rings. The van der Waals surface area contributed by atoms with Gasteiger partial charge in [-0.2, -0.15) is 9.61 Å². The molecule has 0 aliphatic carbocycles. The van der Waals surface area contributed by atoms with Crippen molar-refractivity contribution in [3.8, 4) is 22.5 Å². The molecule has 118 valence electrons. The molecule has 0 aliphatic heterocycles. The van der Waals surface area contributed by atoms with Crippen LogP contribution in [0, 0.1) is 6.92 Å². The fourth-order valence-electron chi connectivity index (χ4n) is 2.53. The van der Waals surface area contributed by atoms with E-state index in [4.69, 9.17) is 23.2 Å². The summed E-state index contributed by atoms with van der Waals surface area (Å²) in [6.45, 7) is 2.05. The summed E-state index contributed by atoms with van der Waals surface area (Å²) in [5.74, 6) is 0.624. The van der Waals surface area contributed by atoms with E-state index in [-0.39, 0.29) is 0 Å². The number of hydrogen-bond donors (Lipinski definition) is 0. The standard InChI is InChI=1S/C18H12Cl2N4/c1-11-2-4-12(5-3-11)15-10-16-21-22-18(24(16)23-17(15)20)13-6-8-14(19)9-7-13/h2-10H,1H3. The molecule has 4 rings (SSSR count). The van der Waals surface area contributed by atoms with Gasteiger partial charge in [-0.05, 0) is 42.8 Å². The Balaban J connectivity index is 1.86. The molecule has 0 atom stereocenters. The van der Waals surface area contributed by atoms with Gasteiger partial charge in [-0.25, -0.2) is 0 Å². The number of aryl methyl sites for hydroxylation is 1. The van der Waals surface area contributed by atoms with E-state index in [1.807, 2.05) is 49.4 Å². The van der Waals surface area contributed by atoms with Crippen molar-refractivity contribution in [2.24, 2.45) is 0 Å². The Morgan fingerprint density at radius 3 is 2.21 bits per heavy atom. The van der Waals surface area contributed by atoms with Gasteiger partial charge in [-0.15, -0.1) is 10.2 Å². The molecule has 2 heterocycles. The molecule has 0 saturated heterocycles.